The van der Waals surface area contributed by atoms with E-state index in [1.807, 2.05) is 24.3 Å². The zero-order chi connectivity index (χ0) is 18.3. The number of benzene rings is 2. The van der Waals surface area contributed by atoms with Crippen molar-refractivity contribution < 1.29 is 9.72 Å². The van der Waals surface area contributed by atoms with Gasteiger partial charge in [0.2, 0.25) is 5.95 Å². The Bertz CT molecular complexity index is 1010. The van der Waals surface area contributed by atoms with Crippen molar-refractivity contribution in [2.24, 2.45) is 11.0 Å². The van der Waals surface area contributed by atoms with Crippen LogP contribution >= 0.6 is 0 Å². The van der Waals surface area contributed by atoms with Gasteiger partial charge in [-0.05, 0) is 31.0 Å². The van der Waals surface area contributed by atoms with E-state index in [4.69, 9.17) is 0 Å². The summed E-state index contributed by atoms with van der Waals surface area (Å²) in [6.07, 6.45) is 0.433. The van der Waals surface area contributed by atoms with Crippen LogP contribution in [-0.2, 0) is 11.2 Å². The number of nitro groups is 1. The van der Waals surface area contributed by atoms with E-state index < -0.39 is 10.8 Å². The van der Waals surface area contributed by atoms with Gasteiger partial charge in [-0.15, -0.1) is 0 Å². The lowest BCUT2D eigenvalue weighted by Gasteiger charge is -2.11. The molecule has 1 aliphatic rings. The van der Waals surface area contributed by atoms with Crippen molar-refractivity contribution in [3.63, 3.8) is 0 Å². The van der Waals surface area contributed by atoms with E-state index in [2.05, 4.69) is 15.1 Å². The number of carbonyl (C=O) groups excluding carboxylic acids is 1. The molecule has 4 rings (SSSR count). The number of aromatic nitrogens is 2. The molecular formula is C18H15N5O3. The number of H-pyrrole nitrogens is 1. The molecule has 1 unspecified atom stereocenters. The topological polar surface area (TPSA) is 104 Å². The molecule has 1 amide bonds. The minimum atomic E-state index is -0.444. The lowest BCUT2D eigenvalue weighted by atomic mass is 9.95. The summed E-state index contributed by atoms with van der Waals surface area (Å²) in [5.41, 5.74) is 3.16. The van der Waals surface area contributed by atoms with Crippen LogP contribution < -0.4 is 5.01 Å². The van der Waals surface area contributed by atoms with Gasteiger partial charge >= 0.3 is 0 Å². The number of hydrogen-bond donors (Lipinski definition) is 1. The fourth-order valence-electron chi connectivity index (χ4n) is 3.02. The molecular weight excluding hydrogens is 334 g/mol. The monoisotopic (exact) mass is 349 g/mol. The number of amides is 1. The van der Waals surface area contributed by atoms with Gasteiger partial charge in [-0.2, -0.15) is 10.1 Å². The van der Waals surface area contributed by atoms with Crippen molar-refractivity contribution in [3.8, 4) is 0 Å². The van der Waals surface area contributed by atoms with Gasteiger partial charge in [0.1, 0.15) is 0 Å². The second-order valence-corrected chi connectivity index (χ2v) is 6.15. The van der Waals surface area contributed by atoms with Crippen molar-refractivity contribution in [1.29, 1.82) is 0 Å². The second kappa shape index (κ2) is 6.07. The van der Waals surface area contributed by atoms with E-state index in [-0.39, 0.29) is 11.6 Å². The van der Waals surface area contributed by atoms with E-state index in [1.165, 1.54) is 17.1 Å². The fraction of sp³-hybridized carbons (Fsp3) is 0.167. The third-order valence-electron chi connectivity index (χ3n) is 4.43. The highest BCUT2D eigenvalue weighted by atomic mass is 16.6. The fourth-order valence-corrected chi connectivity index (χ4v) is 3.02. The lowest BCUT2D eigenvalue weighted by molar-refractivity contribution is -0.384. The van der Waals surface area contributed by atoms with Crippen LogP contribution in [0.4, 0.5) is 11.6 Å². The lowest BCUT2D eigenvalue weighted by Crippen LogP contribution is -2.29. The Morgan fingerprint density at radius 2 is 1.92 bits per heavy atom. The molecule has 0 aliphatic carbocycles. The molecule has 1 N–H and O–H groups in total. The van der Waals surface area contributed by atoms with Crippen LogP contribution in [0.15, 0.2) is 53.6 Å². The number of hydrazone groups is 1. The van der Waals surface area contributed by atoms with Crippen LogP contribution in [0.3, 0.4) is 0 Å². The van der Waals surface area contributed by atoms with Gasteiger partial charge in [0.25, 0.3) is 11.6 Å². The van der Waals surface area contributed by atoms with Crippen molar-refractivity contribution in [2.45, 2.75) is 13.3 Å². The molecule has 0 saturated carbocycles. The summed E-state index contributed by atoms with van der Waals surface area (Å²) in [4.78, 5) is 30.6. The molecule has 1 atom stereocenters. The predicted octanol–water partition coefficient (Wildman–Crippen LogP) is 3.05. The van der Waals surface area contributed by atoms with Gasteiger partial charge < -0.3 is 4.98 Å². The molecule has 8 heteroatoms. The minimum absolute atomic E-state index is 0.0285. The molecule has 0 radical (unpaired) electrons. The number of aromatic amines is 1. The highest BCUT2D eigenvalue weighted by Crippen LogP contribution is 2.26. The van der Waals surface area contributed by atoms with Gasteiger partial charge in [0.15, 0.2) is 0 Å². The first-order valence-corrected chi connectivity index (χ1v) is 8.10. The Morgan fingerprint density at radius 3 is 2.62 bits per heavy atom. The smallest absolute Gasteiger partial charge is 0.269 e. The average molecular weight is 349 g/mol. The Balaban J connectivity index is 1.57. The van der Waals surface area contributed by atoms with Crippen molar-refractivity contribution in [3.05, 3.63) is 64.2 Å². The molecule has 0 fully saturated rings. The number of rotatable bonds is 4. The van der Waals surface area contributed by atoms with E-state index in [1.54, 1.807) is 19.1 Å². The molecule has 2 aromatic carbocycles. The minimum Gasteiger partial charge on any atom is -0.322 e. The van der Waals surface area contributed by atoms with Crippen LogP contribution in [0.25, 0.3) is 11.0 Å². The highest BCUT2D eigenvalue weighted by Gasteiger charge is 2.35. The number of non-ortho nitro benzene ring substituents is 1. The third-order valence-corrected chi connectivity index (χ3v) is 4.43. The normalized spacial score (nSPS) is 17.0. The largest absolute Gasteiger partial charge is 0.322 e. The van der Waals surface area contributed by atoms with Gasteiger partial charge in [-0.25, -0.2) is 4.98 Å². The van der Waals surface area contributed by atoms with Gasteiger partial charge in [0, 0.05) is 17.8 Å². The Hall–Kier alpha value is -3.55. The first-order chi connectivity index (χ1) is 12.5. The van der Waals surface area contributed by atoms with Gasteiger partial charge in [0.05, 0.1) is 21.9 Å². The first kappa shape index (κ1) is 15.9. The SMILES string of the molecule is CC1=NN(c2nc3ccccc3[nH]2)C(=O)C1Cc1ccc([N+](=O)[O-])cc1. The van der Waals surface area contributed by atoms with E-state index in [0.717, 1.165) is 16.6 Å². The summed E-state index contributed by atoms with van der Waals surface area (Å²) in [5, 5.41) is 16.4. The zero-order valence-corrected chi connectivity index (χ0v) is 13.9. The van der Waals surface area contributed by atoms with Crippen molar-refractivity contribution >= 4 is 34.3 Å². The number of anilines is 1. The molecule has 26 heavy (non-hydrogen) atoms. The number of hydrogen-bond acceptors (Lipinski definition) is 5. The Labute approximate surface area is 148 Å². The second-order valence-electron chi connectivity index (χ2n) is 6.15. The maximum Gasteiger partial charge on any atom is 0.269 e. The molecule has 1 aliphatic heterocycles. The molecule has 130 valence electrons. The van der Waals surface area contributed by atoms with E-state index >= 15 is 0 Å². The molecule has 0 bridgehead atoms. The number of nitrogens with zero attached hydrogens (tertiary/aromatic N) is 4. The van der Waals surface area contributed by atoms with Gasteiger partial charge in [-0.3, -0.25) is 14.9 Å². The maximum absolute atomic E-state index is 12.8. The van der Waals surface area contributed by atoms with Crippen molar-refractivity contribution in [2.75, 3.05) is 5.01 Å². The van der Waals surface area contributed by atoms with E-state index in [9.17, 15) is 14.9 Å². The summed E-state index contributed by atoms with van der Waals surface area (Å²) >= 11 is 0. The van der Waals surface area contributed by atoms with Crippen LogP contribution in [0.5, 0.6) is 0 Å². The summed E-state index contributed by atoms with van der Waals surface area (Å²) in [6.45, 7) is 1.80. The highest BCUT2D eigenvalue weighted by molar-refractivity contribution is 6.14. The number of imidazole rings is 1. The van der Waals surface area contributed by atoms with Gasteiger partial charge in [-0.1, -0.05) is 24.3 Å². The Morgan fingerprint density at radius 1 is 1.19 bits per heavy atom. The number of fused-ring (bicyclic) bond motifs is 1. The first-order valence-electron chi connectivity index (χ1n) is 8.10. The summed E-state index contributed by atoms with van der Waals surface area (Å²) < 4.78 is 0. The summed E-state index contributed by atoms with van der Waals surface area (Å²) in [7, 11) is 0. The number of carbonyl (C=O) groups is 1. The predicted molar refractivity (Wildman–Crippen MR) is 97.0 cm³/mol. The third kappa shape index (κ3) is 2.71. The molecule has 3 aromatic rings. The summed E-state index contributed by atoms with van der Waals surface area (Å²) in [6, 6.07) is 13.7. The molecule has 0 saturated heterocycles. The number of para-hydroxylation sites is 2. The number of nitrogens with one attached hydrogen (secondary N) is 1. The molecule has 2 heterocycles. The zero-order valence-electron chi connectivity index (χ0n) is 13.9. The van der Waals surface area contributed by atoms with Crippen LogP contribution in [0.1, 0.15) is 12.5 Å². The molecule has 0 spiro atoms. The van der Waals surface area contributed by atoms with Crippen LogP contribution in [-0.4, -0.2) is 26.5 Å². The van der Waals surface area contributed by atoms with Crippen LogP contribution in [0, 0.1) is 16.0 Å². The standard InChI is InChI=1S/C18H15N5O3/c1-11-14(10-12-6-8-13(9-7-12)23(25)26)17(24)22(21-11)18-19-15-4-2-3-5-16(15)20-18/h2-9,14H,10H2,1H3,(H,19,20). The Kier molecular flexibility index (Phi) is 3.72. The summed E-state index contributed by atoms with van der Waals surface area (Å²) in [5.74, 6) is -0.189. The molecule has 8 nitrogen and oxygen atoms in total. The van der Waals surface area contributed by atoms with E-state index in [0.29, 0.717) is 18.1 Å². The van der Waals surface area contributed by atoms with Crippen LogP contribution in [0.2, 0.25) is 0 Å². The van der Waals surface area contributed by atoms with Crippen molar-refractivity contribution in [1.82, 2.24) is 9.97 Å². The maximum atomic E-state index is 12.8. The quantitative estimate of drug-likeness (QED) is 0.577. The average Bonchev–Trinajstić information content (AvgIpc) is 3.18. The molecule has 1 aromatic heterocycles. The number of nitro benzene ring substituents is 1.